The van der Waals surface area contributed by atoms with Gasteiger partial charge in [-0.25, -0.2) is 0 Å². The molecule has 0 rings (SSSR count). The number of hydrogen-bond acceptors (Lipinski definition) is 4. The zero-order valence-electron chi connectivity index (χ0n) is 8.13. The molecule has 0 radical (unpaired) electrons. The highest BCUT2D eigenvalue weighted by atomic mass is 16.6. The van der Waals surface area contributed by atoms with E-state index in [1.165, 1.54) is 0 Å². The summed E-state index contributed by atoms with van der Waals surface area (Å²) in [6, 6.07) is -1.11. The van der Waals surface area contributed by atoms with E-state index in [-0.39, 0.29) is 6.04 Å². The molecule has 4 nitrogen and oxygen atoms in total. The van der Waals surface area contributed by atoms with E-state index in [0.717, 1.165) is 0 Å². The minimum atomic E-state index is -0.732. The van der Waals surface area contributed by atoms with Crippen LogP contribution in [0.1, 0.15) is 27.7 Å². The molecule has 0 aliphatic rings. The van der Waals surface area contributed by atoms with E-state index in [0.29, 0.717) is 0 Å². The van der Waals surface area contributed by atoms with Crippen molar-refractivity contribution in [1.82, 2.24) is 0 Å². The molecule has 0 heterocycles. The zero-order valence-corrected chi connectivity index (χ0v) is 8.13. The molecule has 4 N–H and O–H groups in total. The average Bonchev–Trinajstić information content (AvgIpc) is 1.82. The van der Waals surface area contributed by atoms with Crippen molar-refractivity contribution in [2.75, 3.05) is 0 Å². The molecule has 0 amide bonds. The van der Waals surface area contributed by atoms with Crippen molar-refractivity contribution < 1.29 is 9.53 Å². The molecule has 0 aliphatic carbocycles. The van der Waals surface area contributed by atoms with Crippen LogP contribution in [0.3, 0.4) is 0 Å². The molecule has 0 bridgehead atoms. The molecule has 72 valence electrons. The molecule has 0 spiro atoms. The SMILES string of the molecule is CC(N)[C@H](N)C(=O)OC(C)(C)C. The maximum atomic E-state index is 11.2. The first kappa shape index (κ1) is 11.4. The van der Waals surface area contributed by atoms with Crippen LogP contribution in [0.5, 0.6) is 0 Å². The number of nitrogens with two attached hydrogens (primary N) is 2. The summed E-state index contributed by atoms with van der Waals surface area (Å²) in [7, 11) is 0. The van der Waals surface area contributed by atoms with Crippen LogP contribution in [0.15, 0.2) is 0 Å². The first-order valence-corrected chi connectivity index (χ1v) is 3.98. The molecule has 0 saturated heterocycles. The maximum absolute atomic E-state index is 11.2. The third kappa shape index (κ3) is 4.31. The van der Waals surface area contributed by atoms with E-state index < -0.39 is 17.6 Å². The molecule has 0 saturated carbocycles. The average molecular weight is 174 g/mol. The van der Waals surface area contributed by atoms with Gasteiger partial charge in [-0.3, -0.25) is 4.79 Å². The first-order valence-electron chi connectivity index (χ1n) is 3.98. The summed E-state index contributed by atoms with van der Waals surface area (Å²) >= 11 is 0. The van der Waals surface area contributed by atoms with E-state index >= 15 is 0 Å². The van der Waals surface area contributed by atoms with Crippen molar-refractivity contribution in [3.63, 3.8) is 0 Å². The summed E-state index contributed by atoms with van der Waals surface area (Å²) in [4.78, 5) is 11.2. The molecule has 0 aliphatic heterocycles. The Morgan fingerprint density at radius 3 is 2.00 bits per heavy atom. The van der Waals surface area contributed by atoms with Crippen molar-refractivity contribution in [2.24, 2.45) is 11.5 Å². The monoisotopic (exact) mass is 174 g/mol. The van der Waals surface area contributed by atoms with Crippen molar-refractivity contribution >= 4 is 5.97 Å². The normalized spacial score (nSPS) is 16.8. The Morgan fingerprint density at radius 1 is 1.33 bits per heavy atom. The van der Waals surface area contributed by atoms with Gasteiger partial charge in [0.15, 0.2) is 0 Å². The minimum absolute atomic E-state index is 0.375. The molecule has 0 fully saturated rings. The van der Waals surface area contributed by atoms with Crippen molar-refractivity contribution in [3.05, 3.63) is 0 Å². The van der Waals surface area contributed by atoms with Gasteiger partial charge in [0.2, 0.25) is 0 Å². The largest absolute Gasteiger partial charge is 0.459 e. The molecule has 0 aromatic carbocycles. The summed E-state index contributed by atoms with van der Waals surface area (Å²) in [6.45, 7) is 7.05. The Balaban J connectivity index is 4.05. The van der Waals surface area contributed by atoms with Gasteiger partial charge in [-0.05, 0) is 27.7 Å². The molecule has 0 aromatic rings. The molecule has 0 aromatic heterocycles. The maximum Gasteiger partial charge on any atom is 0.325 e. The van der Waals surface area contributed by atoms with Crippen LogP contribution < -0.4 is 11.5 Å². The van der Waals surface area contributed by atoms with Gasteiger partial charge < -0.3 is 16.2 Å². The second-order valence-corrected chi connectivity index (χ2v) is 3.92. The van der Waals surface area contributed by atoms with Gasteiger partial charge in [0.25, 0.3) is 0 Å². The van der Waals surface area contributed by atoms with E-state index in [2.05, 4.69) is 0 Å². The number of ether oxygens (including phenoxy) is 1. The van der Waals surface area contributed by atoms with Crippen LogP contribution in [-0.2, 0) is 9.53 Å². The van der Waals surface area contributed by atoms with Crippen molar-refractivity contribution in [2.45, 2.75) is 45.4 Å². The standard InChI is InChI=1S/C8H18N2O2/c1-5(9)6(10)7(11)12-8(2,3)4/h5-6H,9-10H2,1-4H3/t5?,6-/m0/s1. The number of rotatable bonds is 2. The van der Waals surface area contributed by atoms with Crippen molar-refractivity contribution in [3.8, 4) is 0 Å². The van der Waals surface area contributed by atoms with Gasteiger partial charge in [-0.15, -0.1) is 0 Å². The van der Waals surface area contributed by atoms with Crippen LogP contribution in [0.4, 0.5) is 0 Å². The smallest absolute Gasteiger partial charge is 0.325 e. The van der Waals surface area contributed by atoms with Crippen LogP contribution in [0.25, 0.3) is 0 Å². The number of carbonyl (C=O) groups excluding carboxylic acids is 1. The highest BCUT2D eigenvalue weighted by molar-refractivity contribution is 5.76. The molecule has 12 heavy (non-hydrogen) atoms. The second kappa shape index (κ2) is 3.87. The third-order valence-electron chi connectivity index (χ3n) is 1.25. The fourth-order valence-corrected chi connectivity index (χ4v) is 0.584. The number of carbonyl (C=O) groups is 1. The summed E-state index contributed by atoms with van der Waals surface area (Å²) < 4.78 is 5.02. The van der Waals surface area contributed by atoms with Gasteiger partial charge in [0, 0.05) is 6.04 Å². The van der Waals surface area contributed by atoms with Crippen LogP contribution in [0.2, 0.25) is 0 Å². The third-order valence-corrected chi connectivity index (χ3v) is 1.25. The van der Waals surface area contributed by atoms with Gasteiger partial charge in [-0.1, -0.05) is 0 Å². The van der Waals surface area contributed by atoms with Gasteiger partial charge in [0.1, 0.15) is 11.6 Å². The topological polar surface area (TPSA) is 78.3 Å². The lowest BCUT2D eigenvalue weighted by atomic mass is 10.1. The lowest BCUT2D eigenvalue weighted by Crippen LogP contribution is -2.48. The van der Waals surface area contributed by atoms with Crippen molar-refractivity contribution in [1.29, 1.82) is 0 Å². The van der Waals surface area contributed by atoms with E-state index in [9.17, 15) is 4.79 Å². The fourth-order valence-electron chi connectivity index (χ4n) is 0.584. The predicted molar refractivity (Wildman–Crippen MR) is 47.5 cm³/mol. The Hall–Kier alpha value is -0.610. The molecule has 2 atom stereocenters. The number of esters is 1. The number of hydrogen-bond donors (Lipinski definition) is 2. The highest BCUT2D eigenvalue weighted by Crippen LogP contribution is 2.08. The highest BCUT2D eigenvalue weighted by Gasteiger charge is 2.24. The lowest BCUT2D eigenvalue weighted by Gasteiger charge is -2.23. The summed E-state index contributed by atoms with van der Waals surface area (Å²) in [5.74, 6) is -0.447. The van der Waals surface area contributed by atoms with E-state index in [4.69, 9.17) is 16.2 Å². The summed E-state index contributed by atoms with van der Waals surface area (Å²) in [6.07, 6.45) is 0. The first-order chi connectivity index (χ1) is 5.24. The van der Waals surface area contributed by atoms with Gasteiger partial charge >= 0.3 is 5.97 Å². The Bertz CT molecular complexity index is 161. The molecule has 1 unspecified atom stereocenters. The lowest BCUT2D eigenvalue weighted by molar-refractivity contribution is -0.156. The molecule has 4 heteroatoms. The Labute approximate surface area is 73.2 Å². The Kier molecular flexibility index (Phi) is 3.67. The second-order valence-electron chi connectivity index (χ2n) is 3.92. The van der Waals surface area contributed by atoms with Gasteiger partial charge in [-0.2, -0.15) is 0 Å². The van der Waals surface area contributed by atoms with Crippen LogP contribution >= 0.6 is 0 Å². The quantitative estimate of drug-likeness (QED) is 0.578. The summed E-state index contributed by atoms with van der Waals surface area (Å²) in [5.41, 5.74) is 10.4. The predicted octanol–water partition coefficient (Wildman–Crippen LogP) is 0.00260. The van der Waals surface area contributed by atoms with E-state index in [1.54, 1.807) is 27.7 Å². The fraction of sp³-hybridized carbons (Fsp3) is 0.875. The van der Waals surface area contributed by atoms with E-state index in [1.807, 2.05) is 0 Å². The van der Waals surface area contributed by atoms with Crippen LogP contribution in [-0.4, -0.2) is 23.7 Å². The summed E-state index contributed by atoms with van der Waals surface area (Å²) in [5, 5.41) is 0. The van der Waals surface area contributed by atoms with Crippen LogP contribution in [0, 0.1) is 0 Å². The van der Waals surface area contributed by atoms with Gasteiger partial charge in [0.05, 0.1) is 0 Å². The molecular weight excluding hydrogens is 156 g/mol. The zero-order chi connectivity index (χ0) is 9.94. The minimum Gasteiger partial charge on any atom is -0.459 e. The Morgan fingerprint density at radius 2 is 1.75 bits per heavy atom. The molecular formula is C8H18N2O2.